The minimum atomic E-state index is -0.288. The van der Waals surface area contributed by atoms with Crippen LogP contribution in [0.25, 0.3) is 0 Å². The summed E-state index contributed by atoms with van der Waals surface area (Å²) < 4.78 is 5.63. The van der Waals surface area contributed by atoms with Crippen LogP contribution in [-0.2, 0) is 5.41 Å². The van der Waals surface area contributed by atoms with Crippen LogP contribution in [0.1, 0.15) is 26.3 Å². The fourth-order valence-corrected chi connectivity index (χ4v) is 2.32. The highest BCUT2D eigenvalue weighted by atomic mass is 35.5. The third kappa shape index (κ3) is 5.78. The molecular formula is C19H23ClN2O2. The Kier molecular flexibility index (Phi) is 6.10. The van der Waals surface area contributed by atoms with E-state index in [-0.39, 0.29) is 11.4 Å². The lowest BCUT2D eigenvalue weighted by Crippen LogP contribution is -2.32. The van der Waals surface area contributed by atoms with Gasteiger partial charge in [-0.1, -0.05) is 50.6 Å². The molecule has 4 nitrogen and oxygen atoms in total. The molecule has 0 aliphatic heterocycles. The summed E-state index contributed by atoms with van der Waals surface area (Å²) in [6.07, 6.45) is 0. The number of benzene rings is 2. The monoisotopic (exact) mass is 346 g/mol. The summed E-state index contributed by atoms with van der Waals surface area (Å²) in [7, 11) is 0. The molecule has 0 atom stereocenters. The van der Waals surface area contributed by atoms with E-state index in [0.717, 1.165) is 5.75 Å². The van der Waals surface area contributed by atoms with Gasteiger partial charge in [-0.25, -0.2) is 4.79 Å². The predicted molar refractivity (Wildman–Crippen MR) is 99.1 cm³/mol. The van der Waals surface area contributed by atoms with Crippen molar-refractivity contribution in [1.82, 2.24) is 5.32 Å². The minimum Gasteiger partial charge on any atom is -0.492 e. The van der Waals surface area contributed by atoms with Crippen LogP contribution in [0, 0.1) is 0 Å². The Labute approximate surface area is 148 Å². The first-order valence-corrected chi connectivity index (χ1v) is 8.26. The average molecular weight is 347 g/mol. The molecule has 24 heavy (non-hydrogen) atoms. The Hall–Kier alpha value is -2.20. The maximum Gasteiger partial charge on any atom is 0.319 e. The van der Waals surface area contributed by atoms with Crippen molar-refractivity contribution >= 4 is 23.3 Å². The highest BCUT2D eigenvalue weighted by Crippen LogP contribution is 2.24. The van der Waals surface area contributed by atoms with E-state index in [1.54, 1.807) is 24.3 Å². The lowest BCUT2D eigenvalue weighted by molar-refractivity contribution is 0.247. The number of rotatable bonds is 5. The molecule has 0 radical (unpaired) electrons. The number of hydrogen-bond acceptors (Lipinski definition) is 2. The number of ether oxygens (including phenoxy) is 1. The third-order valence-electron chi connectivity index (χ3n) is 3.46. The summed E-state index contributed by atoms with van der Waals surface area (Å²) in [6.45, 7) is 7.33. The van der Waals surface area contributed by atoms with Crippen LogP contribution in [-0.4, -0.2) is 19.2 Å². The SMILES string of the molecule is CC(C)(C)c1ccc(OCCNC(=O)Nc2cccc(Cl)c2)cc1. The van der Waals surface area contributed by atoms with Crippen molar-refractivity contribution in [3.05, 3.63) is 59.1 Å². The summed E-state index contributed by atoms with van der Waals surface area (Å²) in [5.41, 5.74) is 2.03. The highest BCUT2D eigenvalue weighted by molar-refractivity contribution is 6.30. The van der Waals surface area contributed by atoms with E-state index < -0.39 is 0 Å². The molecule has 0 aliphatic carbocycles. The number of hydrogen-bond donors (Lipinski definition) is 2. The third-order valence-corrected chi connectivity index (χ3v) is 3.69. The molecule has 2 rings (SSSR count). The first-order valence-electron chi connectivity index (χ1n) is 7.88. The van der Waals surface area contributed by atoms with Crippen LogP contribution in [0.2, 0.25) is 5.02 Å². The Balaban J connectivity index is 1.71. The number of anilines is 1. The highest BCUT2D eigenvalue weighted by Gasteiger charge is 2.12. The molecule has 2 aromatic rings. The minimum absolute atomic E-state index is 0.124. The fourth-order valence-electron chi connectivity index (χ4n) is 2.13. The summed E-state index contributed by atoms with van der Waals surface area (Å²) >= 11 is 5.87. The van der Waals surface area contributed by atoms with Crippen LogP contribution >= 0.6 is 11.6 Å². The lowest BCUT2D eigenvalue weighted by Gasteiger charge is -2.19. The van der Waals surface area contributed by atoms with E-state index in [4.69, 9.17) is 16.3 Å². The van der Waals surface area contributed by atoms with Crippen molar-refractivity contribution in [2.45, 2.75) is 26.2 Å². The number of carbonyl (C=O) groups excluding carboxylic acids is 1. The van der Waals surface area contributed by atoms with E-state index >= 15 is 0 Å². The lowest BCUT2D eigenvalue weighted by atomic mass is 9.87. The number of carbonyl (C=O) groups is 1. The zero-order chi connectivity index (χ0) is 17.6. The molecule has 0 heterocycles. The summed E-state index contributed by atoms with van der Waals surface area (Å²) in [5, 5.41) is 6.03. The predicted octanol–water partition coefficient (Wildman–Crippen LogP) is 4.84. The van der Waals surface area contributed by atoms with Crippen molar-refractivity contribution in [3.8, 4) is 5.75 Å². The Morgan fingerprint density at radius 2 is 1.83 bits per heavy atom. The van der Waals surface area contributed by atoms with Crippen LogP contribution in [0.5, 0.6) is 5.75 Å². The molecule has 128 valence electrons. The van der Waals surface area contributed by atoms with Crippen LogP contribution in [0.15, 0.2) is 48.5 Å². The van der Waals surface area contributed by atoms with Gasteiger partial charge in [-0.15, -0.1) is 0 Å². The normalized spacial score (nSPS) is 11.0. The zero-order valence-electron chi connectivity index (χ0n) is 14.2. The van der Waals surface area contributed by atoms with Gasteiger partial charge in [0.1, 0.15) is 12.4 Å². The molecule has 2 aromatic carbocycles. The van der Waals surface area contributed by atoms with Gasteiger partial charge < -0.3 is 15.4 Å². The smallest absolute Gasteiger partial charge is 0.319 e. The van der Waals surface area contributed by atoms with Gasteiger partial charge in [0.05, 0.1) is 6.54 Å². The second-order valence-electron chi connectivity index (χ2n) is 6.51. The molecule has 0 aliphatic rings. The van der Waals surface area contributed by atoms with Crippen molar-refractivity contribution in [2.24, 2.45) is 0 Å². The Morgan fingerprint density at radius 1 is 1.12 bits per heavy atom. The van der Waals surface area contributed by atoms with Gasteiger partial charge in [0.15, 0.2) is 0 Å². The number of amides is 2. The van der Waals surface area contributed by atoms with E-state index in [1.807, 2.05) is 12.1 Å². The van der Waals surface area contributed by atoms with Gasteiger partial charge in [-0.2, -0.15) is 0 Å². The maximum atomic E-state index is 11.8. The van der Waals surface area contributed by atoms with E-state index in [9.17, 15) is 4.79 Å². The largest absolute Gasteiger partial charge is 0.492 e. The van der Waals surface area contributed by atoms with E-state index in [1.165, 1.54) is 5.56 Å². The average Bonchev–Trinajstić information content (AvgIpc) is 2.51. The van der Waals surface area contributed by atoms with Crippen molar-refractivity contribution in [3.63, 3.8) is 0 Å². The van der Waals surface area contributed by atoms with Gasteiger partial charge in [0.2, 0.25) is 0 Å². The molecule has 2 N–H and O–H groups in total. The van der Waals surface area contributed by atoms with Gasteiger partial charge in [-0.3, -0.25) is 0 Å². The maximum absolute atomic E-state index is 11.8. The van der Waals surface area contributed by atoms with Crippen LogP contribution in [0.3, 0.4) is 0 Å². The summed E-state index contributed by atoms with van der Waals surface area (Å²) in [4.78, 5) is 11.8. The van der Waals surface area contributed by atoms with Crippen molar-refractivity contribution in [1.29, 1.82) is 0 Å². The Morgan fingerprint density at radius 3 is 2.46 bits per heavy atom. The fraction of sp³-hybridized carbons (Fsp3) is 0.316. The summed E-state index contributed by atoms with van der Waals surface area (Å²) in [6, 6.07) is 14.7. The van der Waals surface area contributed by atoms with Crippen LogP contribution in [0.4, 0.5) is 10.5 Å². The zero-order valence-corrected chi connectivity index (χ0v) is 15.0. The molecule has 0 aromatic heterocycles. The van der Waals surface area contributed by atoms with Crippen LogP contribution < -0.4 is 15.4 Å². The molecule has 0 saturated carbocycles. The van der Waals surface area contributed by atoms with Crippen molar-refractivity contribution in [2.75, 3.05) is 18.5 Å². The van der Waals surface area contributed by atoms with E-state index in [0.29, 0.717) is 23.9 Å². The molecule has 2 amide bonds. The molecule has 0 unspecified atom stereocenters. The number of halogens is 1. The quantitative estimate of drug-likeness (QED) is 0.761. The second kappa shape index (κ2) is 8.06. The standard InChI is InChI=1S/C19H23ClN2O2/c1-19(2,3)14-7-9-17(10-8-14)24-12-11-21-18(23)22-16-6-4-5-15(20)13-16/h4-10,13H,11-12H2,1-3H3,(H2,21,22,23). The molecular weight excluding hydrogens is 324 g/mol. The first kappa shape index (κ1) is 18.1. The van der Waals surface area contributed by atoms with Gasteiger partial charge >= 0.3 is 6.03 Å². The first-order chi connectivity index (χ1) is 11.3. The van der Waals surface area contributed by atoms with Gasteiger partial charge in [-0.05, 0) is 41.3 Å². The molecule has 0 bridgehead atoms. The number of urea groups is 1. The van der Waals surface area contributed by atoms with Gasteiger partial charge in [0.25, 0.3) is 0 Å². The van der Waals surface area contributed by atoms with Gasteiger partial charge in [0, 0.05) is 10.7 Å². The topological polar surface area (TPSA) is 50.4 Å². The molecule has 5 heteroatoms. The molecule has 0 spiro atoms. The Bertz CT molecular complexity index is 679. The number of nitrogens with one attached hydrogen (secondary N) is 2. The summed E-state index contributed by atoms with van der Waals surface area (Å²) in [5.74, 6) is 0.792. The molecule has 0 fully saturated rings. The van der Waals surface area contributed by atoms with E-state index in [2.05, 4.69) is 43.5 Å². The van der Waals surface area contributed by atoms with Crippen molar-refractivity contribution < 1.29 is 9.53 Å². The second-order valence-corrected chi connectivity index (χ2v) is 6.95. The molecule has 0 saturated heterocycles.